The number of hydrogen-bond acceptors (Lipinski definition) is 4. The highest BCUT2D eigenvalue weighted by molar-refractivity contribution is 5.72. The Kier molecular flexibility index (Phi) is 6.09. The van der Waals surface area contributed by atoms with E-state index in [1.165, 1.54) is 5.70 Å². The summed E-state index contributed by atoms with van der Waals surface area (Å²) in [5, 5.41) is 1.98. The van der Waals surface area contributed by atoms with Crippen molar-refractivity contribution in [3.63, 3.8) is 0 Å². The average molecular weight is 361 g/mol. The van der Waals surface area contributed by atoms with E-state index in [9.17, 15) is 4.79 Å². The number of likely N-dealkylation sites (N-methyl/N-ethyl adjacent to an activating group) is 1. The second-order valence-corrected chi connectivity index (χ2v) is 6.62. The fraction of sp³-hybridized carbons (Fsp3) is 0.261. The minimum atomic E-state index is -0.775. The zero-order valence-corrected chi connectivity index (χ0v) is 16.0. The van der Waals surface area contributed by atoms with Crippen LogP contribution in [0, 0.1) is 0 Å². The van der Waals surface area contributed by atoms with E-state index in [1.54, 1.807) is 0 Å². The Hall–Kier alpha value is -2.85. The molecule has 140 valence electrons. The summed E-state index contributed by atoms with van der Waals surface area (Å²) in [5.74, 6) is 0. The zero-order valence-electron chi connectivity index (χ0n) is 16.0. The summed E-state index contributed by atoms with van der Waals surface area (Å²) in [6.07, 6.45) is 7.77. The van der Waals surface area contributed by atoms with Crippen LogP contribution in [0.25, 0.3) is 0 Å². The predicted octanol–water partition coefficient (Wildman–Crippen LogP) is 4.45. The second kappa shape index (κ2) is 8.69. The average Bonchev–Trinajstić information content (AvgIpc) is 2.75. The molecular formula is C23H27N3O. The number of carbonyl (C=O) groups excluding carboxylic acids is 1. The van der Waals surface area contributed by atoms with Crippen LogP contribution in [0.5, 0.6) is 0 Å². The highest BCUT2D eigenvalue weighted by Crippen LogP contribution is 2.28. The number of benzene rings is 2. The number of aldehydes is 1. The van der Waals surface area contributed by atoms with Crippen molar-refractivity contribution in [3.8, 4) is 0 Å². The maximum Gasteiger partial charge on any atom is 0.146 e. The molecule has 4 nitrogen and oxygen atoms in total. The fourth-order valence-electron chi connectivity index (χ4n) is 3.30. The molecule has 1 atom stereocenters. The fourth-order valence-corrected chi connectivity index (χ4v) is 3.30. The summed E-state index contributed by atoms with van der Waals surface area (Å²) in [7, 11) is 0. The van der Waals surface area contributed by atoms with Gasteiger partial charge in [-0.25, -0.2) is 5.43 Å². The summed E-state index contributed by atoms with van der Waals surface area (Å²) in [6, 6.07) is 20.1. The first-order valence-corrected chi connectivity index (χ1v) is 9.50. The van der Waals surface area contributed by atoms with Crippen LogP contribution in [0.4, 0.5) is 11.4 Å². The van der Waals surface area contributed by atoms with Gasteiger partial charge in [0.15, 0.2) is 0 Å². The highest BCUT2D eigenvalue weighted by atomic mass is 16.1. The molecule has 1 aliphatic carbocycles. The number of hydrogen-bond donors (Lipinski definition) is 1. The first-order chi connectivity index (χ1) is 13.2. The van der Waals surface area contributed by atoms with Crippen molar-refractivity contribution in [2.45, 2.75) is 25.8 Å². The lowest BCUT2D eigenvalue weighted by atomic mass is 9.92. The van der Waals surface area contributed by atoms with Gasteiger partial charge in [-0.05, 0) is 50.6 Å². The number of para-hydroxylation sites is 2. The van der Waals surface area contributed by atoms with Crippen molar-refractivity contribution in [1.29, 1.82) is 0 Å². The molecule has 0 unspecified atom stereocenters. The second-order valence-electron chi connectivity index (χ2n) is 6.62. The summed E-state index contributed by atoms with van der Waals surface area (Å²) in [6.45, 7) is 6.19. The van der Waals surface area contributed by atoms with Gasteiger partial charge in [0.1, 0.15) is 11.8 Å². The standard InChI is InChI=1S/C23H27N3O/c1-3-25(4-2)20-15-17-23(19-27,18-16-20)24-26(21-11-7-5-8-12-21)22-13-9-6-10-14-22/h5-17,19,24H,3-4,18H2,1-2H3/t23-/m0/s1. The predicted molar refractivity (Wildman–Crippen MR) is 112 cm³/mol. The Bertz CT molecular complexity index is 757. The van der Waals surface area contributed by atoms with Gasteiger partial charge in [-0.2, -0.15) is 0 Å². The Morgan fingerprint density at radius 1 is 0.963 bits per heavy atom. The maximum atomic E-state index is 12.1. The van der Waals surface area contributed by atoms with E-state index in [0.29, 0.717) is 6.42 Å². The van der Waals surface area contributed by atoms with Crippen LogP contribution in [0.2, 0.25) is 0 Å². The van der Waals surface area contributed by atoms with Crippen LogP contribution in [0.15, 0.2) is 84.6 Å². The maximum absolute atomic E-state index is 12.1. The third kappa shape index (κ3) is 4.29. The number of allylic oxidation sites excluding steroid dienone is 1. The van der Waals surface area contributed by atoms with E-state index in [2.05, 4.69) is 30.2 Å². The van der Waals surface area contributed by atoms with Gasteiger partial charge >= 0.3 is 0 Å². The van der Waals surface area contributed by atoms with Gasteiger partial charge in [-0.15, -0.1) is 0 Å². The van der Waals surface area contributed by atoms with Crippen molar-refractivity contribution < 1.29 is 4.79 Å². The molecule has 0 bridgehead atoms. The Labute approximate surface area is 161 Å². The van der Waals surface area contributed by atoms with Crippen LogP contribution >= 0.6 is 0 Å². The topological polar surface area (TPSA) is 35.6 Å². The lowest BCUT2D eigenvalue weighted by Gasteiger charge is -2.37. The van der Waals surface area contributed by atoms with Crippen molar-refractivity contribution >= 4 is 17.7 Å². The van der Waals surface area contributed by atoms with Gasteiger partial charge in [0.05, 0.1) is 11.4 Å². The molecule has 4 heteroatoms. The van der Waals surface area contributed by atoms with Crippen LogP contribution in [0.3, 0.4) is 0 Å². The molecule has 0 fully saturated rings. The molecule has 0 aliphatic heterocycles. The minimum absolute atomic E-state index is 0.606. The largest absolute Gasteiger partial charge is 0.372 e. The number of carbonyl (C=O) groups is 1. The summed E-state index contributed by atoms with van der Waals surface area (Å²) < 4.78 is 0. The highest BCUT2D eigenvalue weighted by Gasteiger charge is 2.31. The Morgan fingerprint density at radius 3 is 1.93 bits per heavy atom. The van der Waals surface area contributed by atoms with E-state index in [4.69, 9.17) is 0 Å². The van der Waals surface area contributed by atoms with E-state index >= 15 is 0 Å². The van der Waals surface area contributed by atoms with E-state index in [-0.39, 0.29) is 0 Å². The molecule has 0 radical (unpaired) electrons. The first kappa shape index (κ1) is 18.9. The number of rotatable bonds is 8. The van der Waals surface area contributed by atoms with E-state index in [1.807, 2.05) is 77.8 Å². The zero-order chi connectivity index (χ0) is 19.1. The summed E-state index contributed by atoms with van der Waals surface area (Å²) in [5.41, 5.74) is 5.83. The van der Waals surface area contributed by atoms with Crippen LogP contribution < -0.4 is 10.4 Å². The SMILES string of the molecule is CCN(CC)C1=CC[C@@](C=O)(NN(c2ccccc2)c2ccccc2)C=C1. The number of anilines is 2. The molecule has 0 amide bonds. The van der Waals surface area contributed by atoms with E-state index in [0.717, 1.165) is 30.8 Å². The van der Waals surface area contributed by atoms with Crippen molar-refractivity contribution in [1.82, 2.24) is 10.3 Å². The minimum Gasteiger partial charge on any atom is -0.372 e. The molecule has 0 heterocycles. The molecule has 0 spiro atoms. The van der Waals surface area contributed by atoms with Crippen molar-refractivity contribution in [3.05, 3.63) is 84.6 Å². The lowest BCUT2D eigenvalue weighted by molar-refractivity contribution is -0.111. The molecule has 2 aromatic carbocycles. The smallest absolute Gasteiger partial charge is 0.146 e. The molecule has 0 saturated heterocycles. The van der Waals surface area contributed by atoms with E-state index < -0.39 is 5.54 Å². The number of hydrazine groups is 1. The number of nitrogens with zero attached hydrogens (tertiary/aromatic N) is 2. The molecule has 27 heavy (non-hydrogen) atoms. The first-order valence-electron chi connectivity index (χ1n) is 9.50. The Balaban J connectivity index is 1.89. The van der Waals surface area contributed by atoms with Crippen molar-refractivity contribution in [2.75, 3.05) is 18.1 Å². The molecule has 3 rings (SSSR count). The summed E-state index contributed by atoms with van der Waals surface area (Å²) in [4.78, 5) is 14.4. The quantitative estimate of drug-likeness (QED) is 0.556. The van der Waals surface area contributed by atoms with Crippen LogP contribution in [0.1, 0.15) is 20.3 Å². The van der Waals surface area contributed by atoms with Gasteiger partial charge in [-0.3, -0.25) is 5.01 Å². The molecule has 0 saturated carbocycles. The van der Waals surface area contributed by atoms with Crippen molar-refractivity contribution in [2.24, 2.45) is 0 Å². The van der Waals surface area contributed by atoms with Gasteiger partial charge < -0.3 is 9.69 Å². The van der Waals surface area contributed by atoms with Crippen LogP contribution in [-0.2, 0) is 4.79 Å². The van der Waals surface area contributed by atoms with Gasteiger partial charge in [-0.1, -0.05) is 48.6 Å². The van der Waals surface area contributed by atoms with Gasteiger partial charge in [0, 0.05) is 18.8 Å². The van der Waals surface area contributed by atoms with Gasteiger partial charge in [0.25, 0.3) is 0 Å². The molecule has 1 N–H and O–H groups in total. The summed E-state index contributed by atoms with van der Waals surface area (Å²) >= 11 is 0. The monoisotopic (exact) mass is 361 g/mol. The third-order valence-corrected chi connectivity index (χ3v) is 4.89. The lowest BCUT2D eigenvalue weighted by Crippen LogP contribution is -2.53. The van der Waals surface area contributed by atoms with Crippen LogP contribution in [-0.4, -0.2) is 29.8 Å². The molecule has 0 aromatic heterocycles. The Morgan fingerprint density at radius 2 is 1.52 bits per heavy atom. The molecule has 1 aliphatic rings. The van der Waals surface area contributed by atoms with Gasteiger partial charge in [0.2, 0.25) is 0 Å². The third-order valence-electron chi connectivity index (χ3n) is 4.89. The number of nitrogens with one attached hydrogen (secondary N) is 1. The molecule has 2 aromatic rings. The molecular weight excluding hydrogens is 334 g/mol. The normalized spacial score (nSPS) is 18.7.